The first-order valence-corrected chi connectivity index (χ1v) is 9.27. The van der Waals surface area contributed by atoms with Gasteiger partial charge < -0.3 is 15.0 Å². The molecule has 3 atom stereocenters. The minimum Gasteiger partial charge on any atom is -0.371 e. The second-order valence-corrected chi connectivity index (χ2v) is 8.20. The predicted octanol–water partition coefficient (Wildman–Crippen LogP) is 1.57. The number of ether oxygens (including phenoxy) is 1. The lowest BCUT2D eigenvalue weighted by atomic mass is 9.78. The van der Waals surface area contributed by atoms with Crippen molar-refractivity contribution in [3.8, 4) is 0 Å². The van der Waals surface area contributed by atoms with Crippen LogP contribution in [0.15, 0.2) is 0 Å². The fourth-order valence-electron chi connectivity index (χ4n) is 4.24. The Kier molecular flexibility index (Phi) is 3.87. The molecule has 0 aromatic carbocycles. The molecule has 4 rings (SSSR count). The number of hydrogen-bond acceptors (Lipinski definition) is 3. The molecule has 2 saturated heterocycles. The lowest BCUT2D eigenvalue weighted by Crippen LogP contribution is -2.66. The van der Waals surface area contributed by atoms with Crippen LogP contribution in [-0.2, 0) is 14.3 Å². The highest BCUT2D eigenvalue weighted by Gasteiger charge is 2.56. The Balaban J connectivity index is 1.21. The highest BCUT2D eigenvalue weighted by atomic mass is 16.5. The van der Waals surface area contributed by atoms with Crippen molar-refractivity contribution in [2.24, 2.45) is 23.7 Å². The number of hydrogen-bond donors (Lipinski definition) is 1. The van der Waals surface area contributed by atoms with Crippen molar-refractivity contribution in [3.63, 3.8) is 0 Å². The predicted molar refractivity (Wildman–Crippen MR) is 85.6 cm³/mol. The summed E-state index contributed by atoms with van der Waals surface area (Å²) in [6, 6.07) is 0. The summed E-state index contributed by atoms with van der Waals surface area (Å²) in [6.45, 7) is 5.21. The monoisotopic (exact) mass is 320 g/mol. The summed E-state index contributed by atoms with van der Waals surface area (Å²) in [5.41, 5.74) is -0.116. The number of nitrogens with one attached hydrogen (secondary N) is 1. The zero-order chi connectivity index (χ0) is 16.0. The minimum atomic E-state index is -0.116. The first-order valence-electron chi connectivity index (χ1n) is 9.27. The van der Waals surface area contributed by atoms with E-state index in [-0.39, 0.29) is 17.4 Å². The van der Waals surface area contributed by atoms with Crippen LogP contribution in [-0.4, -0.2) is 48.6 Å². The first kappa shape index (κ1) is 15.4. The Labute approximate surface area is 138 Å². The number of nitrogens with zero attached hydrogens (tertiary/aromatic N) is 1. The second kappa shape index (κ2) is 5.76. The van der Waals surface area contributed by atoms with Crippen molar-refractivity contribution in [2.75, 3.05) is 26.2 Å². The van der Waals surface area contributed by atoms with E-state index in [4.69, 9.17) is 4.74 Å². The quantitative estimate of drug-likeness (QED) is 0.808. The maximum absolute atomic E-state index is 12.3. The molecule has 2 amide bonds. The van der Waals surface area contributed by atoms with Crippen LogP contribution < -0.4 is 5.32 Å². The van der Waals surface area contributed by atoms with E-state index in [1.165, 1.54) is 12.8 Å². The van der Waals surface area contributed by atoms with E-state index >= 15 is 0 Å². The van der Waals surface area contributed by atoms with Gasteiger partial charge in [0.05, 0.1) is 13.1 Å². The summed E-state index contributed by atoms with van der Waals surface area (Å²) < 4.78 is 6.02. The van der Waals surface area contributed by atoms with Gasteiger partial charge in [-0.05, 0) is 49.9 Å². The molecule has 2 aliphatic carbocycles. The molecular formula is C18H28N2O3. The molecule has 2 aliphatic heterocycles. The highest BCUT2D eigenvalue weighted by molar-refractivity contribution is 5.82. The molecule has 0 aromatic heterocycles. The Morgan fingerprint density at radius 1 is 1.26 bits per heavy atom. The fourth-order valence-corrected chi connectivity index (χ4v) is 4.24. The van der Waals surface area contributed by atoms with Gasteiger partial charge in [0.25, 0.3) is 0 Å². The molecule has 0 aromatic rings. The average molecular weight is 320 g/mol. The molecule has 2 heterocycles. The lowest BCUT2D eigenvalue weighted by molar-refractivity contribution is -0.166. The molecule has 5 heteroatoms. The SMILES string of the molecule is C[C@@H]1C[C@@H]1C(=O)N1CC2(C1)OCC[C@@H]2CCNC(=O)CC1CC1. The summed E-state index contributed by atoms with van der Waals surface area (Å²) in [6.07, 6.45) is 6.22. The Bertz CT molecular complexity index is 496. The number of amides is 2. The van der Waals surface area contributed by atoms with Gasteiger partial charge in [-0.1, -0.05) is 6.92 Å². The fraction of sp³-hybridized carbons (Fsp3) is 0.889. The number of carbonyl (C=O) groups excluding carboxylic acids is 2. The third kappa shape index (κ3) is 3.12. The van der Waals surface area contributed by atoms with Crippen LogP contribution in [0.25, 0.3) is 0 Å². The zero-order valence-corrected chi connectivity index (χ0v) is 14.1. The van der Waals surface area contributed by atoms with Gasteiger partial charge in [-0.15, -0.1) is 0 Å². The van der Waals surface area contributed by atoms with E-state index in [1.54, 1.807) is 0 Å². The zero-order valence-electron chi connectivity index (χ0n) is 14.1. The lowest BCUT2D eigenvalue weighted by Gasteiger charge is -2.50. The molecule has 2 saturated carbocycles. The summed E-state index contributed by atoms with van der Waals surface area (Å²) >= 11 is 0. The van der Waals surface area contributed by atoms with Crippen molar-refractivity contribution < 1.29 is 14.3 Å². The molecule has 23 heavy (non-hydrogen) atoms. The van der Waals surface area contributed by atoms with Crippen molar-refractivity contribution in [1.29, 1.82) is 0 Å². The average Bonchev–Trinajstić information content (AvgIpc) is 3.37. The molecule has 1 N–H and O–H groups in total. The van der Waals surface area contributed by atoms with Gasteiger partial charge in [0.1, 0.15) is 5.60 Å². The Morgan fingerprint density at radius 2 is 2.00 bits per heavy atom. The molecular weight excluding hydrogens is 292 g/mol. The van der Waals surface area contributed by atoms with E-state index < -0.39 is 0 Å². The molecule has 4 fully saturated rings. The Morgan fingerprint density at radius 3 is 2.65 bits per heavy atom. The molecule has 0 bridgehead atoms. The Hall–Kier alpha value is -1.10. The topological polar surface area (TPSA) is 58.6 Å². The van der Waals surface area contributed by atoms with E-state index in [0.717, 1.165) is 45.5 Å². The molecule has 0 unspecified atom stereocenters. The van der Waals surface area contributed by atoms with Gasteiger partial charge in [0.2, 0.25) is 11.8 Å². The standard InChI is InChI=1S/C18H28N2O3/c1-12-8-15(12)17(22)20-10-18(11-20)14(5-7-23-18)4-6-19-16(21)9-13-2-3-13/h12-15H,2-11H2,1H3,(H,19,21)/t12-,14+,15+/m1/s1. The van der Waals surface area contributed by atoms with Gasteiger partial charge in [-0.2, -0.15) is 0 Å². The molecule has 5 nitrogen and oxygen atoms in total. The van der Waals surface area contributed by atoms with Gasteiger partial charge in [0, 0.05) is 25.5 Å². The van der Waals surface area contributed by atoms with Crippen LogP contribution in [0, 0.1) is 23.7 Å². The van der Waals surface area contributed by atoms with Crippen molar-refractivity contribution in [1.82, 2.24) is 10.2 Å². The van der Waals surface area contributed by atoms with Crippen LogP contribution in [0.5, 0.6) is 0 Å². The maximum Gasteiger partial charge on any atom is 0.226 e. The third-order valence-electron chi connectivity index (χ3n) is 6.24. The maximum atomic E-state index is 12.3. The largest absolute Gasteiger partial charge is 0.371 e. The van der Waals surface area contributed by atoms with Gasteiger partial charge in [-0.3, -0.25) is 9.59 Å². The number of likely N-dealkylation sites (tertiary alicyclic amines) is 1. The van der Waals surface area contributed by atoms with Gasteiger partial charge in [-0.25, -0.2) is 0 Å². The number of carbonyl (C=O) groups is 2. The van der Waals surface area contributed by atoms with E-state index in [9.17, 15) is 9.59 Å². The summed E-state index contributed by atoms with van der Waals surface area (Å²) in [4.78, 5) is 26.0. The normalized spacial score (nSPS) is 34.3. The van der Waals surface area contributed by atoms with Crippen LogP contribution in [0.4, 0.5) is 0 Å². The van der Waals surface area contributed by atoms with Gasteiger partial charge in [0.15, 0.2) is 0 Å². The molecule has 4 aliphatic rings. The molecule has 128 valence electrons. The summed E-state index contributed by atoms with van der Waals surface area (Å²) in [5.74, 6) is 2.50. The van der Waals surface area contributed by atoms with Crippen LogP contribution in [0.1, 0.15) is 45.4 Å². The van der Waals surface area contributed by atoms with Crippen molar-refractivity contribution in [2.45, 2.75) is 51.0 Å². The second-order valence-electron chi connectivity index (χ2n) is 8.20. The first-order chi connectivity index (χ1) is 11.1. The van der Waals surface area contributed by atoms with E-state index in [1.807, 2.05) is 4.90 Å². The molecule has 0 radical (unpaired) electrons. The van der Waals surface area contributed by atoms with Crippen LogP contribution in [0.2, 0.25) is 0 Å². The van der Waals surface area contributed by atoms with E-state index in [2.05, 4.69) is 12.2 Å². The van der Waals surface area contributed by atoms with Gasteiger partial charge >= 0.3 is 0 Å². The summed E-state index contributed by atoms with van der Waals surface area (Å²) in [7, 11) is 0. The summed E-state index contributed by atoms with van der Waals surface area (Å²) in [5, 5.41) is 3.06. The van der Waals surface area contributed by atoms with E-state index in [0.29, 0.717) is 30.1 Å². The molecule has 1 spiro atoms. The highest BCUT2D eigenvalue weighted by Crippen LogP contribution is 2.45. The minimum absolute atomic E-state index is 0.116. The third-order valence-corrected chi connectivity index (χ3v) is 6.24. The van der Waals surface area contributed by atoms with Crippen molar-refractivity contribution in [3.05, 3.63) is 0 Å². The van der Waals surface area contributed by atoms with Crippen LogP contribution >= 0.6 is 0 Å². The smallest absolute Gasteiger partial charge is 0.226 e. The van der Waals surface area contributed by atoms with Crippen LogP contribution in [0.3, 0.4) is 0 Å². The van der Waals surface area contributed by atoms with Crippen molar-refractivity contribution >= 4 is 11.8 Å². The number of rotatable bonds is 6.